The monoisotopic (exact) mass is 383 g/mol. The number of hydrogen-bond donors (Lipinski definition) is 1. The van der Waals surface area contributed by atoms with E-state index >= 15 is 0 Å². The molecule has 2 heterocycles. The lowest BCUT2D eigenvalue weighted by molar-refractivity contribution is -0.162. The third-order valence-corrected chi connectivity index (χ3v) is 5.74. The molecule has 4 nitrogen and oxygen atoms in total. The van der Waals surface area contributed by atoms with E-state index in [0.29, 0.717) is 6.10 Å². The molecule has 0 aromatic rings. The molecule has 0 radical (unpaired) electrons. The summed E-state index contributed by atoms with van der Waals surface area (Å²) in [7, 11) is 0. The van der Waals surface area contributed by atoms with Gasteiger partial charge in [-0.05, 0) is 72.6 Å². The first-order chi connectivity index (χ1) is 12.9. The Morgan fingerprint density at radius 1 is 0.778 bits per heavy atom. The molecular weight excluding hydrogens is 338 g/mol. The lowest BCUT2D eigenvalue weighted by Crippen LogP contribution is -2.59. The Bertz CT molecular complexity index is 375. The first-order valence-corrected chi connectivity index (χ1v) is 11.5. The first kappa shape index (κ1) is 23.1. The Hall–Kier alpha value is -0.160. The molecule has 160 valence electrons. The number of nitrogens with one attached hydrogen (secondary N) is 1. The van der Waals surface area contributed by atoms with Gasteiger partial charge in [-0.1, -0.05) is 32.1 Å². The Morgan fingerprint density at radius 2 is 1.33 bits per heavy atom. The first-order valence-electron chi connectivity index (χ1n) is 11.5. The van der Waals surface area contributed by atoms with E-state index < -0.39 is 0 Å². The average Bonchev–Trinajstić information content (AvgIpc) is 2.58. The summed E-state index contributed by atoms with van der Waals surface area (Å²) in [6, 6.07) is 0. The zero-order chi connectivity index (χ0) is 19.6. The van der Waals surface area contributed by atoms with Crippen molar-refractivity contribution in [1.82, 2.24) is 5.32 Å². The van der Waals surface area contributed by atoms with Gasteiger partial charge in [0.2, 0.25) is 0 Å². The van der Waals surface area contributed by atoms with Gasteiger partial charge in [0.15, 0.2) is 6.29 Å². The normalized spacial score (nSPS) is 25.6. The van der Waals surface area contributed by atoms with Gasteiger partial charge in [-0.3, -0.25) is 0 Å². The predicted octanol–water partition coefficient (Wildman–Crippen LogP) is 5.59. The molecule has 0 aromatic heterocycles. The minimum atomic E-state index is 0.0786. The van der Waals surface area contributed by atoms with Crippen LogP contribution in [0, 0.1) is 0 Å². The number of ether oxygens (including phenoxy) is 3. The van der Waals surface area contributed by atoms with Gasteiger partial charge in [0.25, 0.3) is 0 Å². The Balaban J connectivity index is 1.37. The fourth-order valence-electron chi connectivity index (χ4n) is 4.74. The van der Waals surface area contributed by atoms with Crippen LogP contribution in [-0.2, 0) is 14.2 Å². The second-order valence-electron chi connectivity index (χ2n) is 9.94. The molecule has 2 aliphatic rings. The lowest BCUT2D eigenvalue weighted by atomic mass is 9.81. The molecule has 2 saturated heterocycles. The second kappa shape index (κ2) is 11.7. The summed E-state index contributed by atoms with van der Waals surface area (Å²) in [6.07, 6.45) is 15.2. The topological polar surface area (TPSA) is 39.7 Å². The summed E-state index contributed by atoms with van der Waals surface area (Å²) in [6.45, 7) is 11.8. The molecule has 0 amide bonds. The van der Waals surface area contributed by atoms with Gasteiger partial charge >= 0.3 is 0 Å². The minimum Gasteiger partial charge on any atom is -0.378 e. The zero-order valence-electron chi connectivity index (χ0n) is 18.5. The van der Waals surface area contributed by atoms with Crippen LogP contribution in [0.2, 0.25) is 0 Å². The van der Waals surface area contributed by atoms with Crippen molar-refractivity contribution in [2.45, 2.75) is 128 Å². The number of hydrogen-bond acceptors (Lipinski definition) is 4. The Morgan fingerprint density at radius 3 is 1.89 bits per heavy atom. The van der Waals surface area contributed by atoms with Crippen molar-refractivity contribution in [2.75, 3.05) is 19.8 Å². The molecule has 0 saturated carbocycles. The van der Waals surface area contributed by atoms with E-state index in [1.54, 1.807) is 0 Å². The molecule has 2 rings (SSSR count). The minimum absolute atomic E-state index is 0.0786. The predicted molar refractivity (Wildman–Crippen MR) is 112 cm³/mol. The van der Waals surface area contributed by atoms with Gasteiger partial charge in [-0.25, -0.2) is 0 Å². The molecule has 1 unspecified atom stereocenters. The van der Waals surface area contributed by atoms with Gasteiger partial charge in [0.1, 0.15) is 0 Å². The molecule has 2 fully saturated rings. The third-order valence-electron chi connectivity index (χ3n) is 5.74. The van der Waals surface area contributed by atoms with E-state index in [2.05, 4.69) is 33.0 Å². The summed E-state index contributed by atoms with van der Waals surface area (Å²) in [4.78, 5) is 0. The van der Waals surface area contributed by atoms with Crippen LogP contribution in [-0.4, -0.2) is 43.3 Å². The molecule has 0 spiro atoms. The summed E-state index contributed by atoms with van der Waals surface area (Å²) in [5.41, 5.74) is 0.360. The van der Waals surface area contributed by atoms with Crippen LogP contribution in [0.4, 0.5) is 0 Å². The molecule has 0 aliphatic carbocycles. The number of unbranched alkanes of at least 4 members (excludes halogenated alkanes) is 6. The van der Waals surface area contributed by atoms with Gasteiger partial charge < -0.3 is 19.5 Å². The molecule has 1 N–H and O–H groups in total. The van der Waals surface area contributed by atoms with Crippen molar-refractivity contribution in [3.05, 3.63) is 0 Å². The molecular formula is C23H45NO3. The smallest absolute Gasteiger partial charge is 0.157 e. The van der Waals surface area contributed by atoms with Crippen LogP contribution in [0.5, 0.6) is 0 Å². The standard InChI is InChI=1S/C23H45NO3/c1-22(2)18-20(19-23(3,4)24-22)25-15-11-8-6-5-7-9-12-16-26-21-14-10-13-17-27-21/h20-21,24H,5-19H2,1-4H3. The van der Waals surface area contributed by atoms with E-state index in [-0.39, 0.29) is 17.4 Å². The molecule has 1 atom stereocenters. The molecule has 27 heavy (non-hydrogen) atoms. The third kappa shape index (κ3) is 10.3. The maximum atomic E-state index is 6.20. The van der Waals surface area contributed by atoms with Crippen LogP contribution < -0.4 is 5.32 Å². The van der Waals surface area contributed by atoms with Crippen LogP contribution in [0.3, 0.4) is 0 Å². The van der Waals surface area contributed by atoms with E-state index in [1.807, 2.05) is 0 Å². The quantitative estimate of drug-likeness (QED) is 0.446. The molecule has 2 aliphatic heterocycles. The summed E-state index contributed by atoms with van der Waals surface area (Å²) >= 11 is 0. The van der Waals surface area contributed by atoms with Gasteiger partial charge in [-0.2, -0.15) is 0 Å². The second-order valence-corrected chi connectivity index (χ2v) is 9.94. The number of rotatable bonds is 12. The SMILES string of the molecule is CC1(C)CC(OCCCCCCCCCOC2CCCCO2)CC(C)(C)N1. The van der Waals surface area contributed by atoms with Crippen molar-refractivity contribution in [3.8, 4) is 0 Å². The van der Waals surface area contributed by atoms with Crippen LogP contribution in [0.15, 0.2) is 0 Å². The summed E-state index contributed by atoms with van der Waals surface area (Å²) in [5, 5.41) is 3.72. The van der Waals surface area contributed by atoms with Crippen molar-refractivity contribution in [2.24, 2.45) is 0 Å². The Kier molecular flexibility index (Phi) is 10.1. The highest BCUT2D eigenvalue weighted by atomic mass is 16.7. The van der Waals surface area contributed by atoms with E-state index in [0.717, 1.165) is 39.1 Å². The highest BCUT2D eigenvalue weighted by Crippen LogP contribution is 2.30. The van der Waals surface area contributed by atoms with E-state index in [9.17, 15) is 0 Å². The van der Waals surface area contributed by atoms with Gasteiger partial charge in [-0.15, -0.1) is 0 Å². The Labute approximate surface area is 168 Å². The van der Waals surface area contributed by atoms with Gasteiger partial charge in [0.05, 0.1) is 6.10 Å². The highest BCUT2D eigenvalue weighted by Gasteiger charge is 2.37. The van der Waals surface area contributed by atoms with Crippen molar-refractivity contribution in [3.63, 3.8) is 0 Å². The lowest BCUT2D eigenvalue weighted by Gasteiger charge is -2.46. The van der Waals surface area contributed by atoms with Crippen LogP contribution in [0.25, 0.3) is 0 Å². The largest absolute Gasteiger partial charge is 0.378 e. The maximum Gasteiger partial charge on any atom is 0.157 e. The van der Waals surface area contributed by atoms with Gasteiger partial charge in [0, 0.05) is 30.9 Å². The average molecular weight is 384 g/mol. The highest BCUT2D eigenvalue weighted by molar-refractivity contribution is 4.97. The van der Waals surface area contributed by atoms with Crippen molar-refractivity contribution >= 4 is 0 Å². The summed E-state index contributed by atoms with van der Waals surface area (Å²) < 4.78 is 17.6. The van der Waals surface area contributed by atoms with E-state index in [1.165, 1.54) is 57.8 Å². The van der Waals surface area contributed by atoms with Crippen molar-refractivity contribution in [1.29, 1.82) is 0 Å². The van der Waals surface area contributed by atoms with Crippen LogP contribution in [0.1, 0.15) is 105 Å². The van der Waals surface area contributed by atoms with Crippen molar-refractivity contribution < 1.29 is 14.2 Å². The maximum absolute atomic E-state index is 6.20. The fourth-order valence-corrected chi connectivity index (χ4v) is 4.74. The number of piperidine rings is 1. The van der Waals surface area contributed by atoms with E-state index in [4.69, 9.17) is 14.2 Å². The molecule has 0 bridgehead atoms. The van der Waals surface area contributed by atoms with Crippen LogP contribution >= 0.6 is 0 Å². The molecule has 0 aromatic carbocycles. The molecule has 4 heteroatoms. The fraction of sp³-hybridized carbons (Fsp3) is 1.00. The summed E-state index contributed by atoms with van der Waals surface area (Å²) in [5.74, 6) is 0. The zero-order valence-corrected chi connectivity index (χ0v) is 18.5.